The van der Waals surface area contributed by atoms with Crippen molar-refractivity contribution >= 4 is 22.7 Å². The zero-order valence-corrected chi connectivity index (χ0v) is 23.8. The molecule has 6 N–H and O–H groups in total. The smallest absolute Gasteiger partial charge is 0.260 e. The highest BCUT2D eigenvalue weighted by molar-refractivity contribution is 6.21. The van der Waals surface area contributed by atoms with Crippen molar-refractivity contribution < 1.29 is 54.1 Å². The van der Waals surface area contributed by atoms with E-state index < -0.39 is 80.5 Å². The third-order valence-electron chi connectivity index (χ3n) is 9.06. The molecule has 1 aliphatic heterocycles. The Morgan fingerprint density at radius 2 is 1.58 bits per heavy atom. The maximum Gasteiger partial charge on any atom is 0.260 e. The topological polar surface area (TPSA) is 207 Å². The zero-order chi connectivity index (χ0) is 31.3. The fraction of sp³-hybridized carbons (Fsp3) is 0.433. The molecule has 4 unspecified atom stereocenters. The molecule has 3 aromatic rings. The molecule has 2 aromatic carbocycles. The van der Waals surface area contributed by atoms with Gasteiger partial charge in [0.1, 0.15) is 40.6 Å². The molecule has 0 fully saturated rings. The summed E-state index contributed by atoms with van der Waals surface area (Å²) in [6, 6.07) is 0. The van der Waals surface area contributed by atoms with Crippen molar-refractivity contribution in [3.8, 4) is 34.1 Å². The van der Waals surface area contributed by atoms with E-state index in [0.29, 0.717) is 6.42 Å². The number of likely N-dealkylation sites (N-methyl/N-ethyl adjacent to an activating group) is 1. The standard InChI is InChI=1S/C30H31NO12/c1-5-8-30(42-4)28(39)16-17(29(40)31(30)2)22(36)14-10(20(16)34)6-7-11-15(14)23(37)19-24(38)18-21(35)12(32)9-13(33)26(18)43-27(19)25(11)41-3/h12-13,21,32-37H,5-9H2,1-4H3. The first-order chi connectivity index (χ1) is 20.4. The first kappa shape index (κ1) is 28.9. The highest BCUT2D eigenvalue weighted by Gasteiger charge is 2.53. The number of phenolic OH excluding ortho intramolecular Hbond substituents is 3. The van der Waals surface area contributed by atoms with E-state index in [0.717, 1.165) is 4.90 Å². The van der Waals surface area contributed by atoms with E-state index in [1.165, 1.54) is 21.3 Å². The maximum atomic E-state index is 13.8. The zero-order valence-electron chi connectivity index (χ0n) is 23.8. The van der Waals surface area contributed by atoms with Crippen LogP contribution in [0.2, 0.25) is 0 Å². The number of ketones is 1. The minimum atomic E-state index is -1.72. The number of aliphatic hydroxyl groups is 3. The molecule has 2 aliphatic carbocycles. The molecule has 0 spiro atoms. The molecule has 43 heavy (non-hydrogen) atoms. The number of phenols is 3. The van der Waals surface area contributed by atoms with Crippen molar-refractivity contribution in [2.45, 2.75) is 63.1 Å². The number of amides is 1. The van der Waals surface area contributed by atoms with Gasteiger partial charge >= 0.3 is 0 Å². The van der Waals surface area contributed by atoms with Gasteiger partial charge in [-0.25, -0.2) is 0 Å². The molecule has 0 saturated carbocycles. The Hall–Kier alpha value is -4.17. The molecule has 0 bridgehead atoms. The van der Waals surface area contributed by atoms with Crippen LogP contribution in [0.4, 0.5) is 0 Å². The molecule has 0 saturated heterocycles. The molecule has 0 radical (unpaired) electrons. The van der Waals surface area contributed by atoms with Crippen LogP contribution in [0.3, 0.4) is 0 Å². The summed E-state index contributed by atoms with van der Waals surface area (Å²) in [6.45, 7) is 1.80. The lowest BCUT2D eigenvalue weighted by molar-refractivity contribution is -0.0851. The lowest BCUT2D eigenvalue weighted by Crippen LogP contribution is -2.60. The molecular formula is C30H31NO12. The number of fused-ring (bicyclic) bond motifs is 6. The van der Waals surface area contributed by atoms with Crippen LogP contribution in [-0.4, -0.2) is 80.3 Å². The summed E-state index contributed by atoms with van der Waals surface area (Å²) in [5.74, 6) is -3.78. The minimum absolute atomic E-state index is 0.0151. The lowest BCUT2D eigenvalue weighted by Gasteiger charge is -2.43. The Labute approximate surface area is 244 Å². The van der Waals surface area contributed by atoms with Crippen molar-refractivity contribution in [3.05, 3.63) is 43.8 Å². The van der Waals surface area contributed by atoms with Gasteiger partial charge in [0.15, 0.2) is 11.3 Å². The van der Waals surface area contributed by atoms with Crippen LogP contribution in [0, 0.1) is 0 Å². The fourth-order valence-electron chi connectivity index (χ4n) is 6.96. The molecule has 13 heteroatoms. The van der Waals surface area contributed by atoms with Crippen molar-refractivity contribution in [2.24, 2.45) is 0 Å². The summed E-state index contributed by atoms with van der Waals surface area (Å²) in [6.07, 6.45) is -4.21. The number of hydrogen-bond donors (Lipinski definition) is 6. The van der Waals surface area contributed by atoms with Gasteiger partial charge in [-0.15, -0.1) is 0 Å². The molecular weight excluding hydrogens is 566 g/mol. The number of carbonyl (C=O) groups is 2. The molecule has 4 atom stereocenters. The SMILES string of the molecule is CCCC1(OC)C(=O)c2c(O)c3c(c(O)c2C(=O)N1C)-c1c(c(OC)c2oc4c(c(=O)c2c1O)C(O)C(O)CC4O)CC3. The van der Waals surface area contributed by atoms with Crippen molar-refractivity contribution in [3.63, 3.8) is 0 Å². The Kier molecular flexibility index (Phi) is 6.51. The van der Waals surface area contributed by atoms with Gasteiger partial charge in [-0.2, -0.15) is 0 Å². The van der Waals surface area contributed by atoms with Crippen LogP contribution in [0.1, 0.15) is 81.6 Å². The van der Waals surface area contributed by atoms with Crippen LogP contribution in [0.15, 0.2) is 9.21 Å². The second kappa shape index (κ2) is 9.67. The highest BCUT2D eigenvalue weighted by atomic mass is 16.5. The first-order valence-electron chi connectivity index (χ1n) is 13.8. The summed E-state index contributed by atoms with van der Waals surface area (Å²) in [7, 11) is 3.92. The predicted molar refractivity (Wildman–Crippen MR) is 148 cm³/mol. The van der Waals surface area contributed by atoms with Crippen molar-refractivity contribution in [2.75, 3.05) is 21.3 Å². The van der Waals surface area contributed by atoms with Crippen molar-refractivity contribution in [1.29, 1.82) is 0 Å². The second-order valence-electron chi connectivity index (χ2n) is 11.1. The molecule has 1 aromatic heterocycles. The van der Waals surface area contributed by atoms with E-state index in [1.807, 2.05) is 0 Å². The highest BCUT2D eigenvalue weighted by Crippen LogP contribution is 2.56. The quantitative estimate of drug-likeness (QED) is 0.239. The second-order valence-corrected chi connectivity index (χ2v) is 11.1. The number of aromatic hydroxyl groups is 3. The average molecular weight is 598 g/mol. The minimum Gasteiger partial charge on any atom is -0.507 e. The van der Waals surface area contributed by atoms with E-state index in [-0.39, 0.29) is 65.0 Å². The van der Waals surface area contributed by atoms with E-state index in [1.54, 1.807) is 6.92 Å². The molecule has 1 amide bonds. The van der Waals surface area contributed by atoms with Gasteiger partial charge in [-0.3, -0.25) is 14.4 Å². The molecule has 2 heterocycles. The van der Waals surface area contributed by atoms with Gasteiger partial charge in [-0.1, -0.05) is 13.3 Å². The lowest BCUT2D eigenvalue weighted by atomic mass is 9.76. The average Bonchev–Trinajstić information content (AvgIpc) is 2.98. The van der Waals surface area contributed by atoms with Gasteiger partial charge in [-0.05, 0) is 12.8 Å². The number of methoxy groups -OCH3 is 2. The number of benzene rings is 2. The summed E-state index contributed by atoms with van der Waals surface area (Å²) < 4.78 is 17.0. The summed E-state index contributed by atoms with van der Waals surface area (Å²) in [5.41, 5.74) is -4.22. The fourth-order valence-corrected chi connectivity index (χ4v) is 6.96. The predicted octanol–water partition coefficient (Wildman–Crippen LogP) is 1.93. The normalized spacial score (nSPS) is 24.4. The molecule has 6 rings (SSSR count). The summed E-state index contributed by atoms with van der Waals surface area (Å²) >= 11 is 0. The Morgan fingerprint density at radius 1 is 0.930 bits per heavy atom. The van der Waals surface area contributed by atoms with Gasteiger partial charge in [0, 0.05) is 49.3 Å². The summed E-state index contributed by atoms with van der Waals surface area (Å²) in [4.78, 5) is 42.4. The monoisotopic (exact) mass is 597 g/mol. The molecule has 13 nitrogen and oxygen atoms in total. The van der Waals surface area contributed by atoms with Gasteiger partial charge in [0.2, 0.25) is 16.9 Å². The van der Waals surface area contributed by atoms with Crippen LogP contribution in [-0.2, 0) is 17.6 Å². The first-order valence-corrected chi connectivity index (χ1v) is 13.8. The number of carbonyl (C=O) groups excluding carboxylic acids is 2. The van der Waals surface area contributed by atoms with Crippen LogP contribution in [0.25, 0.3) is 22.1 Å². The third-order valence-corrected chi connectivity index (χ3v) is 9.06. The van der Waals surface area contributed by atoms with Gasteiger partial charge in [0.05, 0.1) is 29.9 Å². The van der Waals surface area contributed by atoms with E-state index >= 15 is 0 Å². The van der Waals surface area contributed by atoms with Crippen LogP contribution >= 0.6 is 0 Å². The summed E-state index contributed by atoms with van der Waals surface area (Å²) in [5, 5.41) is 65.7. The number of nitrogens with zero attached hydrogens (tertiary/aromatic N) is 1. The number of hydrogen-bond acceptors (Lipinski definition) is 12. The third kappa shape index (κ3) is 3.50. The van der Waals surface area contributed by atoms with Gasteiger partial charge < -0.3 is 49.4 Å². The van der Waals surface area contributed by atoms with Crippen LogP contribution in [0.5, 0.6) is 23.0 Å². The number of Topliss-reactive ketones (excluding diaryl/α,β-unsaturated/α-hetero) is 1. The number of rotatable bonds is 4. The Balaban J connectivity index is 1.72. The Bertz CT molecular complexity index is 1810. The Morgan fingerprint density at radius 3 is 2.21 bits per heavy atom. The largest absolute Gasteiger partial charge is 0.507 e. The maximum absolute atomic E-state index is 13.8. The number of ether oxygens (including phenoxy) is 2. The van der Waals surface area contributed by atoms with Crippen molar-refractivity contribution in [1.82, 2.24) is 4.90 Å². The molecule has 228 valence electrons. The van der Waals surface area contributed by atoms with Crippen LogP contribution < -0.4 is 10.2 Å². The van der Waals surface area contributed by atoms with E-state index in [2.05, 4.69) is 0 Å². The van der Waals surface area contributed by atoms with E-state index in [9.17, 15) is 45.0 Å². The number of aliphatic hydroxyl groups excluding tert-OH is 3. The van der Waals surface area contributed by atoms with Gasteiger partial charge in [0.25, 0.3) is 5.91 Å². The van der Waals surface area contributed by atoms with E-state index in [4.69, 9.17) is 13.9 Å². The molecule has 3 aliphatic rings.